The molecule has 6 rings (SSSR count). The summed E-state index contributed by atoms with van der Waals surface area (Å²) in [5.74, 6) is 0.735. The lowest BCUT2D eigenvalue weighted by Gasteiger charge is -2.32. The Bertz CT molecular complexity index is 1120. The summed E-state index contributed by atoms with van der Waals surface area (Å²) in [4.78, 5) is 14.6. The topological polar surface area (TPSA) is 69.5 Å². The van der Waals surface area contributed by atoms with Crippen LogP contribution < -0.4 is 5.32 Å². The van der Waals surface area contributed by atoms with Gasteiger partial charge < -0.3 is 19.9 Å². The second-order valence-corrected chi connectivity index (χ2v) is 10.5. The van der Waals surface area contributed by atoms with Crippen molar-refractivity contribution in [1.29, 1.82) is 0 Å². The molecule has 0 atom stereocenters. The third-order valence-corrected chi connectivity index (χ3v) is 7.81. The molecule has 180 valence electrons. The quantitative estimate of drug-likeness (QED) is 0.582. The number of fused-ring (bicyclic) bond motifs is 1. The third kappa shape index (κ3) is 4.69. The summed E-state index contributed by atoms with van der Waals surface area (Å²) in [7, 11) is 2.20. The van der Waals surface area contributed by atoms with Crippen LogP contribution in [-0.2, 0) is 6.54 Å². The first-order chi connectivity index (χ1) is 16.6. The van der Waals surface area contributed by atoms with Gasteiger partial charge in [0.2, 0.25) is 5.95 Å². The monoisotopic (exact) mass is 460 g/mol. The Kier molecular flexibility index (Phi) is 6.01. The Balaban J connectivity index is 1.29. The third-order valence-electron chi connectivity index (χ3n) is 7.81. The van der Waals surface area contributed by atoms with Crippen molar-refractivity contribution in [2.24, 2.45) is 0 Å². The van der Waals surface area contributed by atoms with E-state index in [9.17, 15) is 5.11 Å². The number of hydrogen-bond acceptors (Lipinski definition) is 6. The van der Waals surface area contributed by atoms with Gasteiger partial charge in [0.05, 0.1) is 6.10 Å². The van der Waals surface area contributed by atoms with Gasteiger partial charge in [-0.15, -0.1) is 0 Å². The van der Waals surface area contributed by atoms with E-state index in [1.54, 1.807) is 0 Å². The Morgan fingerprint density at radius 1 is 0.971 bits per heavy atom. The zero-order valence-corrected chi connectivity index (χ0v) is 20.2. The lowest BCUT2D eigenvalue weighted by atomic mass is 9.93. The molecule has 2 aliphatic carbocycles. The fourth-order valence-corrected chi connectivity index (χ4v) is 5.41. The van der Waals surface area contributed by atoms with Crippen molar-refractivity contribution in [2.75, 3.05) is 38.5 Å². The van der Waals surface area contributed by atoms with E-state index in [1.807, 2.05) is 6.20 Å². The molecular weight excluding hydrogens is 424 g/mol. The molecule has 1 saturated heterocycles. The van der Waals surface area contributed by atoms with Crippen LogP contribution in [0.3, 0.4) is 0 Å². The van der Waals surface area contributed by atoms with Gasteiger partial charge in [0.25, 0.3) is 0 Å². The first kappa shape index (κ1) is 22.0. The van der Waals surface area contributed by atoms with Gasteiger partial charge in [0.1, 0.15) is 5.65 Å². The molecule has 7 nitrogen and oxygen atoms in total. The summed E-state index contributed by atoms with van der Waals surface area (Å²) in [6, 6.07) is 9.96. The maximum absolute atomic E-state index is 10.0. The van der Waals surface area contributed by atoms with Crippen LogP contribution in [0, 0.1) is 0 Å². The van der Waals surface area contributed by atoms with Crippen molar-refractivity contribution in [2.45, 2.75) is 63.3 Å². The SMILES string of the molecule is CN1CCN(Cc2ccc(-c3cn(C4CCC(O)CC4)c4nc(NC5CC5)ncc34)cc2)CC1. The van der Waals surface area contributed by atoms with Crippen molar-refractivity contribution in [3.63, 3.8) is 0 Å². The van der Waals surface area contributed by atoms with Crippen LogP contribution in [0.5, 0.6) is 0 Å². The molecule has 0 radical (unpaired) electrons. The number of nitrogens with zero attached hydrogens (tertiary/aromatic N) is 5. The van der Waals surface area contributed by atoms with Crippen LogP contribution in [-0.4, -0.2) is 74.8 Å². The van der Waals surface area contributed by atoms with E-state index in [1.165, 1.54) is 29.5 Å². The molecule has 34 heavy (non-hydrogen) atoms. The number of aliphatic hydroxyl groups is 1. The average molecular weight is 461 g/mol. The number of likely N-dealkylation sites (N-methyl/N-ethyl adjacent to an activating group) is 1. The molecule has 3 aliphatic rings. The zero-order valence-electron chi connectivity index (χ0n) is 20.2. The van der Waals surface area contributed by atoms with E-state index >= 15 is 0 Å². The van der Waals surface area contributed by atoms with Crippen LogP contribution >= 0.6 is 0 Å². The smallest absolute Gasteiger partial charge is 0.224 e. The van der Waals surface area contributed by atoms with Crippen LogP contribution in [0.4, 0.5) is 5.95 Å². The fraction of sp³-hybridized carbons (Fsp3) is 0.556. The van der Waals surface area contributed by atoms with Gasteiger partial charge in [-0.05, 0) is 56.7 Å². The summed E-state index contributed by atoms with van der Waals surface area (Å²) in [6.45, 7) is 5.58. The van der Waals surface area contributed by atoms with Crippen LogP contribution in [0.2, 0.25) is 0 Å². The Morgan fingerprint density at radius 2 is 1.71 bits per heavy atom. The van der Waals surface area contributed by atoms with Crippen molar-refractivity contribution >= 4 is 17.0 Å². The molecule has 0 spiro atoms. The molecule has 7 heteroatoms. The van der Waals surface area contributed by atoms with E-state index in [4.69, 9.17) is 4.98 Å². The summed E-state index contributed by atoms with van der Waals surface area (Å²) >= 11 is 0. The first-order valence-electron chi connectivity index (χ1n) is 12.9. The molecule has 1 aromatic carbocycles. The van der Waals surface area contributed by atoms with Gasteiger partial charge in [-0.3, -0.25) is 4.90 Å². The number of piperazine rings is 1. The molecule has 2 N–H and O–H groups in total. The van der Waals surface area contributed by atoms with Crippen LogP contribution in [0.15, 0.2) is 36.7 Å². The Hall–Kier alpha value is -2.48. The minimum absolute atomic E-state index is 0.160. The summed E-state index contributed by atoms with van der Waals surface area (Å²) in [5, 5.41) is 14.6. The molecule has 2 aromatic heterocycles. The molecule has 2 saturated carbocycles. The van der Waals surface area contributed by atoms with Gasteiger partial charge in [-0.1, -0.05) is 24.3 Å². The van der Waals surface area contributed by atoms with E-state index < -0.39 is 0 Å². The van der Waals surface area contributed by atoms with Crippen LogP contribution in [0.1, 0.15) is 50.1 Å². The number of anilines is 1. The fourth-order valence-electron chi connectivity index (χ4n) is 5.41. The van der Waals surface area contributed by atoms with Gasteiger partial charge in [0.15, 0.2) is 0 Å². The highest BCUT2D eigenvalue weighted by Crippen LogP contribution is 2.37. The summed E-state index contributed by atoms with van der Waals surface area (Å²) < 4.78 is 2.36. The lowest BCUT2D eigenvalue weighted by molar-refractivity contribution is 0.111. The maximum atomic E-state index is 10.0. The van der Waals surface area contributed by atoms with Crippen molar-refractivity contribution in [1.82, 2.24) is 24.3 Å². The zero-order chi connectivity index (χ0) is 23.1. The van der Waals surface area contributed by atoms with E-state index in [0.29, 0.717) is 12.1 Å². The van der Waals surface area contributed by atoms with Gasteiger partial charge in [-0.25, -0.2) is 4.98 Å². The molecule has 0 unspecified atom stereocenters. The standard InChI is InChI=1S/C27H36N6O/c1-31-12-14-32(15-13-31)17-19-2-4-20(5-3-19)25-18-33(22-8-10-23(34)11-9-22)26-24(25)16-28-27(30-26)29-21-6-7-21/h2-5,16,18,21-23,34H,6-15,17H2,1H3,(H,28,29,30). The molecule has 3 heterocycles. The molecule has 1 aliphatic heterocycles. The van der Waals surface area contributed by atoms with Gasteiger partial charge in [0, 0.05) is 68.2 Å². The van der Waals surface area contributed by atoms with E-state index in [-0.39, 0.29) is 6.10 Å². The van der Waals surface area contributed by atoms with Gasteiger partial charge in [-0.2, -0.15) is 4.98 Å². The lowest BCUT2D eigenvalue weighted by Crippen LogP contribution is -2.43. The highest BCUT2D eigenvalue weighted by Gasteiger charge is 2.26. The normalized spacial score (nSPS) is 24.5. The minimum atomic E-state index is -0.160. The Morgan fingerprint density at radius 3 is 2.41 bits per heavy atom. The number of nitrogens with one attached hydrogen (secondary N) is 1. The predicted molar refractivity (Wildman–Crippen MR) is 136 cm³/mol. The number of aromatic nitrogens is 3. The van der Waals surface area contributed by atoms with E-state index in [2.05, 4.69) is 62.2 Å². The maximum Gasteiger partial charge on any atom is 0.224 e. The van der Waals surface area contributed by atoms with Crippen LogP contribution in [0.25, 0.3) is 22.2 Å². The first-order valence-corrected chi connectivity index (χ1v) is 12.9. The summed E-state index contributed by atoms with van der Waals surface area (Å²) in [5.41, 5.74) is 4.79. The second-order valence-electron chi connectivity index (χ2n) is 10.5. The average Bonchev–Trinajstić information content (AvgIpc) is 3.59. The molecule has 0 bridgehead atoms. The highest BCUT2D eigenvalue weighted by molar-refractivity contribution is 5.94. The van der Waals surface area contributed by atoms with Crippen molar-refractivity contribution < 1.29 is 5.11 Å². The Labute approximate surface area is 201 Å². The number of benzene rings is 1. The number of aliphatic hydroxyl groups excluding tert-OH is 1. The highest BCUT2D eigenvalue weighted by atomic mass is 16.3. The largest absolute Gasteiger partial charge is 0.393 e. The minimum Gasteiger partial charge on any atom is -0.393 e. The molecule has 0 amide bonds. The van der Waals surface area contributed by atoms with Crippen molar-refractivity contribution in [3.05, 3.63) is 42.2 Å². The van der Waals surface area contributed by atoms with Gasteiger partial charge >= 0.3 is 0 Å². The number of hydrogen-bond donors (Lipinski definition) is 2. The van der Waals surface area contributed by atoms with E-state index in [0.717, 1.165) is 75.4 Å². The molecule has 3 aromatic rings. The second kappa shape index (κ2) is 9.29. The van der Waals surface area contributed by atoms with Crippen molar-refractivity contribution in [3.8, 4) is 11.1 Å². The molecular formula is C27H36N6O. The predicted octanol–water partition coefficient (Wildman–Crippen LogP) is 3.90. The summed E-state index contributed by atoms with van der Waals surface area (Å²) in [6.07, 6.45) is 10.2. The number of rotatable bonds is 6. The molecule has 3 fully saturated rings.